The molecule has 0 bridgehead atoms. The van der Waals surface area contributed by atoms with Crippen LogP contribution in [0.1, 0.15) is 18.4 Å². The van der Waals surface area contributed by atoms with Crippen LogP contribution in [0, 0.1) is 15.9 Å². The topological polar surface area (TPSA) is 49.6 Å². The first-order chi connectivity index (χ1) is 9.63. The molecule has 0 unspecified atom stereocenters. The fourth-order valence-electron chi connectivity index (χ4n) is 2.78. The smallest absolute Gasteiger partial charge is 0.298 e. The summed E-state index contributed by atoms with van der Waals surface area (Å²) in [6.07, 6.45) is 2.65. The first kappa shape index (κ1) is 13.5. The lowest BCUT2D eigenvalue weighted by Crippen LogP contribution is -2.46. The Morgan fingerprint density at radius 1 is 1.25 bits per heavy atom. The molecule has 1 aromatic rings. The number of rotatable bonds is 4. The standard InChI is InChI=1S/C14H18FN3O2/c15-13-9-11(1-4-14(13)18(19)20)10-16-5-7-17(8-6-16)12-2-3-12/h1,4,9,12H,2-3,5-8,10H2. The second kappa shape index (κ2) is 5.46. The Hall–Kier alpha value is -1.53. The van der Waals surface area contributed by atoms with Crippen molar-refractivity contribution in [1.82, 2.24) is 9.80 Å². The Morgan fingerprint density at radius 2 is 1.95 bits per heavy atom. The fourth-order valence-corrected chi connectivity index (χ4v) is 2.78. The number of halogens is 1. The first-order valence-corrected chi connectivity index (χ1v) is 7.03. The highest BCUT2D eigenvalue weighted by Gasteiger charge is 2.31. The van der Waals surface area contributed by atoms with Gasteiger partial charge in [-0.05, 0) is 24.5 Å². The Morgan fingerprint density at radius 3 is 2.50 bits per heavy atom. The van der Waals surface area contributed by atoms with Crippen LogP contribution in [0.15, 0.2) is 18.2 Å². The van der Waals surface area contributed by atoms with Gasteiger partial charge in [0.05, 0.1) is 4.92 Å². The molecule has 0 amide bonds. The zero-order chi connectivity index (χ0) is 14.1. The van der Waals surface area contributed by atoms with Gasteiger partial charge in [0.15, 0.2) is 0 Å². The van der Waals surface area contributed by atoms with Crippen LogP contribution in [0.3, 0.4) is 0 Å². The molecule has 1 aliphatic carbocycles. The molecule has 0 spiro atoms. The molecule has 1 heterocycles. The van der Waals surface area contributed by atoms with E-state index in [2.05, 4.69) is 9.80 Å². The summed E-state index contributed by atoms with van der Waals surface area (Å²) < 4.78 is 13.6. The lowest BCUT2D eigenvalue weighted by molar-refractivity contribution is -0.387. The van der Waals surface area contributed by atoms with Gasteiger partial charge in [0.2, 0.25) is 5.82 Å². The maximum absolute atomic E-state index is 13.6. The molecule has 0 N–H and O–H groups in total. The summed E-state index contributed by atoms with van der Waals surface area (Å²) >= 11 is 0. The van der Waals surface area contributed by atoms with E-state index >= 15 is 0 Å². The molecule has 0 atom stereocenters. The average molecular weight is 279 g/mol. The number of piperazine rings is 1. The minimum Gasteiger partial charge on any atom is -0.298 e. The Kier molecular flexibility index (Phi) is 3.67. The predicted molar refractivity (Wildman–Crippen MR) is 72.9 cm³/mol. The molecular weight excluding hydrogens is 261 g/mol. The monoisotopic (exact) mass is 279 g/mol. The van der Waals surface area contributed by atoms with E-state index < -0.39 is 16.4 Å². The van der Waals surface area contributed by atoms with Crippen molar-refractivity contribution in [1.29, 1.82) is 0 Å². The van der Waals surface area contributed by atoms with Crippen LogP contribution in [0.25, 0.3) is 0 Å². The molecule has 108 valence electrons. The number of nitro benzene ring substituents is 1. The van der Waals surface area contributed by atoms with Crippen LogP contribution in [0.5, 0.6) is 0 Å². The van der Waals surface area contributed by atoms with Gasteiger partial charge >= 0.3 is 5.69 Å². The summed E-state index contributed by atoms with van der Waals surface area (Å²) in [6, 6.07) is 4.99. The molecule has 2 aliphatic rings. The Bertz CT molecular complexity index is 511. The molecule has 6 heteroatoms. The maximum Gasteiger partial charge on any atom is 0.304 e. The van der Waals surface area contributed by atoms with Crippen LogP contribution in [0.2, 0.25) is 0 Å². The number of hydrogen-bond donors (Lipinski definition) is 0. The quantitative estimate of drug-likeness (QED) is 0.625. The van der Waals surface area contributed by atoms with Gasteiger partial charge in [-0.3, -0.25) is 19.9 Å². The highest BCUT2D eigenvalue weighted by atomic mass is 19.1. The van der Waals surface area contributed by atoms with Crippen molar-refractivity contribution in [2.75, 3.05) is 26.2 Å². The van der Waals surface area contributed by atoms with Crippen LogP contribution in [-0.2, 0) is 6.54 Å². The summed E-state index contributed by atoms with van der Waals surface area (Å²) in [5, 5.41) is 10.6. The van der Waals surface area contributed by atoms with Crippen molar-refractivity contribution in [3.8, 4) is 0 Å². The van der Waals surface area contributed by atoms with Gasteiger partial charge < -0.3 is 0 Å². The van der Waals surface area contributed by atoms with Gasteiger partial charge in [-0.1, -0.05) is 6.07 Å². The summed E-state index contributed by atoms with van der Waals surface area (Å²) in [6.45, 7) is 4.76. The Labute approximate surface area is 117 Å². The van der Waals surface area contributed by atoms with Gasteiger partial charge in [0.1, 0.15) is 0 Å². The average Bonchev–Trinajstić information content (AvgIpc) is 3.23. The number of benzene rings is 1. The molecule has 20 heavy (non-hydrogen) atoms. The third kappa shape index (κ3) is 2.96. The molecule has 0 aromatic heterocycles. The maximum atomic E-state index is 13.6. The molecule has 5 nitrogen and oxygen atoms in total. The molecule has 1 saturated carbocycles. The second-order valence-electron chi connectivity index (χ2n) is 5.59. The summed E-state index contributed by atoms with van der Waals surface area (Å²) in [4.78, 5) is 14.7. The number of nitrogens with zero attached hydrogens (tertiary/aromatic N) is 3. The molecule has 1 saturated heterocycles. The minimum atomic E-state index is -0.746. The van der Waals surface area contributed by atoms with Crippen LogP contribution >= 0.6 is 0 Å². The summed E-state index contributed by atoms with van der Waals surface area (Å²) in [5.74, 6) is -0.746. The van der Waals surface area contributed by atoms with Gasteiger partial charge in [-0.2, -0.15) is 4.39 Å². The van der Waals surface area contributed by atoms with Gasteiger partial charge in [-0.25, -0.2) is 0 Å². The van der Waals surface area contributed by atoms with Gasteiger partial charge in [0.25, 0.3) is 0 Å². The van der Waals surface area contributed by atoms with Crippen molar-refractivity contribution in [3.05, 3.63) is 39.7 Å². The summed E-state index contributed by atoms with van der Waals surface area (Å²) in [5.41, 5.74) is 0.347. The predicted octanol–water partition coefficient (Wildman–Crippen LogP) is 2.01. The third-order valence-electron chi connectivity index (χ3n) is 4.09. The van der Waals surface area contributed by atoms with Crippen molar-refractivity contribution in [2.45, 2.75) is 25.4 Å². The Balaban J connectivity index is 1.58. The molecule has 2 fully saturated rings. The van der Waals surface area contributed by atoms with Gasteiger partial charge in [0, 0.05) is 44.8 Å². The van der Waals surface area contributed by atoms with Crippen molar-refractivity contribution < 1.29 is 9.31 Å². The van der Waals surface area contributed by atoms with E-state index in [1.807, 2.05) is 0 Å². The van der Waals surface area contributed by atoms with Crippen molar-refractivity contribution >= 4 is 5.69 Å². The van der Waals surface area contributed by atoms with E-state index in [1.165, 1.54) is 25.0 Å². The lowest BCUT2D eigenvalue weighted by Gasteiger charge is -2.34. The second-order valence-corrected chi connectivity index (χ2v) is 5.59. The molecule has 3 rings (SSSR count). The lowest BCUT2D eigenvalue weighted by atomic mass is 10.1. The number of nitro groups is 1. The molecular formula is C14H18FN3O2. The zero-order valence-corrected chi connectivity index (χ0v) is 11.3. The molecule has 0 radical (unpaired) electrons. The SMILES string of the molecule is O=[N+]([O-])c1ccc(CN2CCN(C3CC3)CC2)cc1F. The van der Waals surface area contributed by atoms with E-state index in [0.717, 1.165) is 37.8 Å². The molecule has 1 aromatic carbocycles. The molecule has 1 aliphatic heterocycles. The number of hydrogen-bond acceptors (Lipinski definition) is 4. The summed E-state index contributed by atoms with van der Waals surface area (Å²) in [7, 11) is 0. The van der Waals surface area contributed by atoms with E-state index in [9.17, 15) is 14.5 Å². The van der Waals surface area contributed by atoms with E-state index in [0.29, 0.717) is 6.54 Å². The van der Waals surface area contributed by atoms with Crippen LogP contribution < -0.4 is 0 Å². The zero-order valence-electron chi connectivity index (χ0n) is 11.3. The highest BCUT2D eigenvalue weighted by Crippen LogP contribution is 2.27. The van der Waals surface area contributed by atoms with Crippen LogP contribution in [-0.4, -0.2) is 46.9 Å². The van der Waals surface area contributed by atoms with Gasteiger partial charge in [-0.15, -0.1) is 0 Å². The van der Waals surface area contributed by atoms with Crippen molar-refractivity contribution in [3.63, 3.8) is 0 Å². The van der Waals surface area contributed by atoms with E-state index in [-0.39, 0.29) is 0 Å². The minimum absolute atomic E-state index is 0.452. The van der Waals surface area contributed by atoms with Crippen LogP contribution in [0.4, 0.5) is 10.1 Å². The largest absolute Gasteiger partial charge is 0.304 e. The normalized spacial score (nSPS) is 21.1. The third-order valence-corrected chi connectivity index (χ3v) is 4.09. The van der Waals surface area contributed by atoms with E-state index in [4.69, 9.17) is 0 Å². The highest BCUT2D eigenvalue weighted by molar-refractivity contribution is 5.35. The fraction of sp³-hybridized carbons (Fsp3) is 0.571. The van der Waals surface area contributed by atoms with Crippen molar-refractivity contribution in [2.24, 2.45) is 0 Å². The first-order valence-electron chi connectivity index (χ1n) is 7.03. The van der Waals surface area contributed by atoms with E-state index in [1.54, 1.807) is 6.07 Å².